The van der Waals surface area contributed by atoms with Crippen LogP contribution >= 0.6 is 34.5 Å². The van der Waals surface area contributed by atoms with Gasteiger partial charge in [0.25, 0.3) is 5.91 Å². The Hall–Kier alpha value is -2.34. The maximum Gasteiger partial charge on any atom is 0.262 e. The number of carbonyl (C=O) groups is 1. The van der Waals surface area contributed by atoms with Gasteiger partial charge in [0.1, 0.15) is 5.76 Å². The van der Waals surface area contributed by atoms with Crippen LogP contribution in [0.1, 0.15) is 41.4 Å². The summed E-state index contributed by atoms with van der Waals surface area (Å²) in [4.78, 5) is 19.9. The van der Waals surface area contributed by atoms with E-state index in [1.807, 2.05) is 18.2 Å². The number of amides is 1. The molecule has 4 nitrogen and oxygen atoms in total. The first-order valence-electron chi connectivity index (χ1n) is 9.13. The molecule has 0 atom stereocenters. The summed E-state index contributed by atoms with van der Waals surface area (Å²) in [5.41, 5.74) is 2.39. The van der Waals surface area contributed by atoms with Crippen LogP contribution in [0.25, 0.3) is 10.2 Å². The minimum atomic E-state index is -0.279. The summed E-state index contributed by atoms with van der Waals surface area (Å²) in [7, 11) is 0. The minimum Gasteiger partial charge on any atom is -0.467 e. The number of rotatable bonds is 5. The minimum absolute atomic E-state index is 0.242. The molecular weight excluding hydrogens is 427 g/mol. The normalized spacial score (nSPS) is 11.3. The first-order valence-corrected chi connectivity index (χ1v) is 10.7. The van der Waals surface area contributed by atoms with Gasteiger partial charge in [0, 0.05) is 5.02 Å². The molecule has 148 valence electrons. The Labute approximate surface area is 182 Å². The molecule has 0 saturated carbocycles. The second-order valence-corrected chi connectivity index (χ2v) is 8.79. The number of carbonyl (C=O) groups excluding carboxylic acids is 1. The Balaban J connectivity index is 1.83. The highest BCUT2D eigenvalue weighted by Crippen LogP contribution is 2.35. The number of hydrogen-bond acceptors (Lipinski definition) is 4. The number of fused-ring (bicyclic) bond motifs is 1. The topological polar surface area (TPSA) is 46.3 Å². The lowest BCUT2D eigenvalue weighted by atomic mass is 10.0. The van der Waals surface area contributed by atoms with Crippen molar-refractivity contribution in [3.8, 4) is 0 Å². The largest absolute Gasteiger partial charge is 0.467 e. The predicted molar refractivity (Wildman–Crippen MR) is 119 cm³/mol. The molecular formula is C22H18Cl2N2O2S. The number of nitrogens with zero attached hydrogens (tertiary/aromatic N) is 2. The van der Waals surface area contributed by atoms with Gasteiger partial charge >= 0.3 is 0 Å². The van der Waals surface area contributed by atoms with Crippen LogP contribution in [-0.2, 0) is 6.54 Å². The van der Waals surface area contributed by atoms with Crippen LogP contribution in [0, 0.1) is 0 Å². The number of hydrogen-bond donors (Lipinski definition) is 0. The zero-order chi connectivity index (χ0) is 20.5. The number of benzene rings is 2. The quantitative estimate of drug-likeness (QED) is 0.327. The van der Waals surface area contributed by atoms with Crippen LogP contribution in [0.3, 0.4) is 0 Å². The Morgan fingerprint density at radius 1 is 1.17 bits per heavy atom. The van der Waals surface area contributed by atoms with Crippen molar-refractivity contribution in [2.45, 2.75) is 26.3 Å². The molecule has 0 N–H and O–H groups in total. The number of thiazole rings is 1. The SMILES string of the molecule is CC(C)c1cccc2sc(N(Cc3ccco3)C(=O)c3cc(Cl)ccc3Cl)nc12. The second-order valence-electron chi connectivity index (χ2n) is 6.94. The Morgan fingerprint density at radius 3 is 2.72 bits per heavy atom. The maximum atomic E-state index is 13.4. The van der Waals surface area contributed by atoms with Crippen molar-refractivity contribution in [3.63, 3.8) is 0 Å². The molecule has 7 heteroatoms. The van der Waals surface area contributed by atoms with Crippen molar-refractivity contribution in [2.75, 3.05) is 4.90 Å². The second kappa shape index (κ2) is 8.19. The molecule has 2 aromatic heterocycles. The molecule has 2 aromatic carbocycles. The standard InChI is InChI=1S/C22H18Cl2N2O2S/c1-13(2)16-6-3-7-19-20(16)25-22(29-19)26(12-15-5-4-10-28-15)21(27)17-11-14(23)8-9-18(17)24/h3-11,13H,12H2,1-2H3. The molecule has 29 heavy (non-hydrogen) atoms. The van der Waals surface area contributed by atoms with Gasteiger partial charge in [-0.05, 0) is 47.9 Å². The monoisotopic (exact) mass is 444 g/mol. The molecule has 0 unspecified atom stereocenters. The highest BCUT2D eigenvalue weighted by Gasteiger charge is 2.25. The summed E-state index contributed by atoms with van der Waals surface area (Å²) < 4.78 is 6.51. The third-order valence-corrected chi connectivity index (χ3v) is 6.20. The predicted octanol–water partition coefficient (Wildman–Crippen LogP) is 7.17. The Bertz CT molecular complexity index is 1170. The van der Waals surface area contributed by atoms with Crippen LogP contribution in [0.4, 0.5) is 5.13 Å². The molecule has 0 saturated heterocycles. The first-order chi connectivity index (χ1) is 13.9. The highest BCUT2D eigenvalue weighted by atomic mass is 35.5. The summed E-state index contributed by atoms with van der Waals surface area (Å²) >= 11 is 13.9. The molecule has 1 amide bonds. The Kier molecular flexibility index (Phi) is 5.63. The number of halogens is 2. The van der Waals surface area contributed by atoms with Crippen molar-refractivity contribution in [3.05, 3.63) is 81.7 Å². The Morgan fingerprint density at radius 2 is 2.00 bits per heavy atom. The number of aromatic nitrogens is 1. The van der Waals surface area contributed by atoms with Crippen LogP contribution in [0.15, 0.2) is 59.2 Å². The molecule has 4 rings (SSSR count). The van der Waals surface area contributed by atoms with Gasteiger partial charge in [0.05, 0.1) is 33.6 Å². The number of anilines is 1. The smallest absolute Gasteiger partial charge is 0.262 e. The van der Waals surface area contributed by atoms with Crippen LogP contribution in [-0.4, -0.2) is 10.9 Å². The van der Waals surface area contributed by atoms with E-state index in [9.17, 15) is 4.79 Å². The fourth-order valence-electron chi connectivity index (χ4n) is 3.13. The molecule has 0 aliphatic rings. The van der Waals surface area contributed by atoms with Crippen LogP contribution in [0.2, 0.25) is 10.0 Å². The van der Waals surface area contributed by atoms with Crippen molar-refractivity contribution in [1.29, 1.82) is 0 Å². The van der Waals surface area contributed by atoms with Gasteiger partial charge in [0.15, 0.2) is 5.13 Å². The van der Waals surface area contributed by atoms with Gasteiger partial charge in [-0.3, -0.25) is 9.69 Å². The van der Waals surface area contributed by atoms with E-state index < -0.39 is 0 Å². The van der Waals surface area contributed by atoms with E-state index in [0.29, 0.717) is 32.4 Å². The van der Waals surface area contributed by atoms with E-state index in [-0.39, 0.29) is 12.5 Å². The van der Waals surface area contributed by atoms with Crippen molar-refractivity contribution >= 4 is 55.8 Å². The summed E-state index contributed by atoms with van der Waals surface area (Å²) in [5, 5.41) is 1.38. The lowest BCUT2D eigenvalue weighted by Crippen LogP contribution is -2.30. The van der Waals surface area contributed by atoms with Crippen molar-refractivity contribution in [2.24, 2.45) is 0 Å². The molecule has 0 fully saturated rings. The van der Waals surface area contributed by atoms with Gasteiger partial charge in [-0.15, -0.1) is 0 Å². The fourth-order valence-corrected chi connectivity index (χ4v) is 4.50. The molecule has 0 bridgehead atoms. The van der Waals surface area contributed by atoms with Crippen LogP contribution in [0.5, 0.6) is 0 Å². The van der Waals surface area contributed by atoms with Crippen molar-refractivity contribution in [1.82, 2.24) is 4.98 Å². The average Bonchev–Trinajstić information content (AvgIpc) is 3.36. The molecule has 0 aliphatic carbocycles. The van der Waals surface area contributed by atoms with Crippen molar-refractivity contribution < 1.29 is 9.21 Å². The van der Waals surface area contributed by atoms with E-state index in [4.69, 9.17) is 32.6 Å². The van der Waals surface area contributed by atoms with E-state index in [1.54, 1.807) is 35.4 Å². The van der Waals surface area contributed by atoms with E-state index >= 15 is 0 Å². The third-order valence-electron chi connectivity index (χ3n) is 4.59. The molecule has 0 aliphatic heterocycles. The summed E-state index contributed by atoms with van der Waals surface area (Å²) in [6, 6.07) is 14.6. The summed E-state index contributed by atoms with van der Waals surface area (Å²) in [5.74, 6) is 0.698. The third kappa shape index (κ3) is 4.04. The molecule has 4 aromatic rings. The highest BCUT2D eigenvalue weighted by molar-refractivity contribution is 7.22. The average molecular weight is 445 g/mol. The van der Waals surface area contributed by atoms with Gasteiger partial charge in [-0.2, -0.15) is 0 Å². The zero-order valence-corrected chi connectivity index (χ0v) is 18.2. The number of furan rings is 1. The maximum absolute atomic E-state index is 13.4. The zero-order valence-electron chi connectivity index (χ0n) is 15.9. The van der Waals surface area contributed by atoms with Gasteiger partial charge in [-0.1, -0.05) is 60.5 Å². The van der Waals surface area contributed by atoms with Gasteiger partial charge in [0.2, 0.25) is 0 Å². The summed E-state index contributed by atoms with van der Waals surface area (Å²) in [6.07, 6.45) is 1.58. The van der Waals surface area contributed by atoms with Crippen LogP contribution < -0.4 is 4.90 Å². The first kappa shape index (κ1) is 20.0. The molecule has 2 heterocycles. The van der Waals surface area contributed by atoms with E-state index in [1.165, 1.54) is 11.3 Å². The lowest BCUT2D eigenvalue weighted by molar-refractivity contribution is 0.0983. The van der Waals surface area contributed by atoms with Gasteiger partial charge in [-0.25, -0.2) is 4.98 Å². The van der Waals surface area contributed by atoms with E-state index in [2.05, 4.69) is 19.9 Å². The fraction of sp³-hybridized carbons (Fsp3) is 0.182. The number of para-hydroxylation sites is 1. The summed E-state index contributed by atoms with van der Waals surface area (Å²) in [6.45, 7) is 4.50. The molecule has 0 spiro atoms. The lowest BCUT2D eigenvalue weighted by Gasteiger charge is -2.19. The van der Waals surface area contributed by atoms with Gasteiger partial charge < -0.3 is 4.42 Å². The van der Waals surface area contributed by atoms with E-state index in [0.717, 1.165) is 15.8 Å². The molecule has 0 radical (unpaired) electrons.